The fourth-order valence-corrected chi connectivity index (χ4v) is 4.44. The lowest BCUT2D eigenvalue weighted by Crippen LogP contribution is -2.31. The average Bonchev–Trinajstić information content (AvgIpc) is 3.16. The normalized spacial score (nSPS) is 16.8. The van der Waals surface area contributed by atoms with Crippen molar-refractivity contribution in [3.63, 3.8) is 0 Å². The van der Waals surface area contributed by atoms with Crippen molar-refractivity contribution in [3.8, 4) is 0 Å². The second-order valence-corrected chi connectivity index (χ2v) is 8.84. The summed E-state index contributed by atoms with van der Waals surface area (Å²) in [5.74, 6) is -1.06. The number of benzene rings is 2. The predicted octanol–water partition coefficient (Wildman–Crippen LogP) is 5.61. The smallest absolute Gasteiger partial charge is 0.294 e. The number of rotatable bonds is 5. The molecule has 1 aromatic heterocycles. The summed E-state index contributed by atoms with van der Waals surface area (Å²) in [4.78, 5) is 31.5. The molecule has 1 aliphatic heterocycles. The third-order valence-electron chi connectivity index (χ3n) is 6.09. The number of nitrogens with one attached hydrogen (secondary N) is 1. The number of anilines is 1. The quantitative estimate of drug-likeness (QED) is 0.568. The summed E-state index contributed by atoms with van der Waals surface area (Å²) in [7, 11) is 0. The Hall–Kier alpha value is -3.34. The van der Waals surface area contributed by atoms with Gasteiger partial charge in [0.25, 0.3) is 5.91 Å². The van der Waals surface area contributed by atoms with E-state index in [9.17, 15) is 14.7 Å². The van der Waals surface area contributed by atoms with Crippen LogP contribution >= 0.6 is 0 Å². The van der Waals surface area contributed by atoms with E-state index in [1.165, 1.54) is 0 Å². The molecule has 0 aliphatic carbocycles. The number of carbonyl (C=O) groups is 2. The molecular formula is C26H28N2O3. The third-order valence-corrected chi connectivity index (χ3v) is 6.09. The first-order valence-corrected chi connectivity index (χ1v) is 10.6. The number of aromatic nitrogens is 1. The van der Waals surface area contributed by atoms with Crippen LogP contribution in [0.1, 0.15) is 48.7 Å². The number of aliphatic hydroxyl groups excluding tert-OH is 1. The van der Waals surface area contributed by atoms with Crippen LogP contribution in [0.4, 0.5) is 5.69 Å². The Morgan fingerprint density at radius 1 is 1.10 bits per heavy atom. The molecule has 2 aromatic carbocycles. The molecule has 1 unspecified atom stereocenters. The van der Waals surface area contributed by atoms with E-state index in [0.29, 0.717) is 5.69 Å². The second kappa shape index (κ2) is 7.73. The number of aliphatic hydroxyl groups is 1. The number of fused-ring (bicyclic) bond motifs is 1. The molecule has 3 aromatic rings. The van der Waals surface area contributed by atoms with E-state index in [0.717, 1.165) is 33.3 Å². The number of ketones is 1. The van der Waals surface area contributed by atoms with Crippen molar-refractivity contribution in [2.45, 2.75) is 47.1 Å². The molecule has 2 heterocycles. The molecule has 2 N–H and O–H groups in total. The number of nitrogens with zero attached hydrogens (tertiary/aromatic N) is 1. The van der Waals surface area contributed by atoms with E-state index in [4.69, 9.17) is 0 Å². The van der Waals surface area contributed by atoms with Crippen molar-refractivity contribution >= 4 is 28.3 Å². The number of hydrogen-bond donors (Lipinski definition) is 2. The number of para-hydroxylation sites is 1. The van der Waals surface area contributed by atoms with Gasteiger partial charge >= 0.3 is 0 Å². The Morgan fingerprint density at radius 3 is 2.48 bits per heavy atom. The Balaban J connectivity index is 1.97. The van der Waals surface area contributed by atoms with Gasteiger partial charge in [-0.3, -0.25) is 14.5 Å². The topological polar surface area (TPSA) is 73.4 Å². The highest BCUT2D eigenvalue weighted by molar-refractivity contribution is 6.17. The van der Waals surface area contributed by atoms with E-state index in [1.807, 2.05) is 77.1 Å². The molecule has 0 bridgehead atoms. The van der Waals surface area contributed by atoms with Gasteiger partial charge in [0.2, 0.25) is 0 Å². The van der Waals surface area contributed by atoms with E-state index < -0.39 is 17.7 Å². The van der Waals surface area contributed by atoms with Crippen LogP contribution in [-0.4, -0.2) is 21.8 Å². The van der Waals surface area contributed by atoms with Gasteiger partial charge in [0.15, 0.2) is 11.5 Å². The van der Waals surface area contributed by atoms with Crippen LogP contribution in [-0.2, 0) is 9.59 Å². The Bertz CT molecular complexity index is 1230. The monoisotopic (exact) mass is 416 g/mol. The molecule has 0 fully saturated rings. The van der Waals surface area contributed by atoms with Gasteiger partial charge in [-0.2, -0.15) is 0 Å². The Kier molecular flexibility index (Phi) is 5.21. The number of aryl methyl sites for hydroxylation is 3. The molecule has 0 spiro atoms. The summed E-state index contributed by atoms with van der Waals surface area (Å²) < 4.78 is 0. The van der Waals surface area contributed by atoms with E-state index in [-0.39, 0.29) is 23.7 Å². The molecule has 4 rings (SSSR count). The van der Waals surface area contributed by atoms with Gasteiger partial charge in [-0.05, 0) is 56.0 Å². The maximum Gasteiger partial charge on any atom is 0.294 e. The van der Waals surface area contributed by atoms with Crippen molar-refractivity contribution < 1.29 is 14.7 Å². The highest BCUT2D eigenvalue weighted by atomic mass is 16.3. The zero-order valence-electron chi connectivity index (χ0n) is 18.6. The lowest BCUT2D eigenvalue weighted by molar-refractivity contribution is -0.118. The first-order valence-electron chi connectivity index (χ1n) is 10.6. The molecule has 31 heavy (non-hydrogen) atoms. The molecule has 160 valence electrons. The van der Waals surface area contributed by atoms with Gasteiger partial charge in [0.1, 0.15) is 0 Å². The lowest BCUT2D eigenvalue weighted by atomic mass is 9.90. The van der Waals surface area contributed by atoms with Gasteiger partial charge < -0.3 is 10.1 Å². The Labute approximate surface area is 182 Å². The molecule has 1 amide bonds. The minimum Gasteiger partial charge on any atom is -0.503 e. The minimum atomic E-state index is -0.683. The fraction of sp³-hybridized carbons (Fsp3) is 0.308. The van der Waals surface area contributed by atoms with Gasteiger partial charge in [-0.1, -0.05) is 38.1 Å². The molecule has 0 radical (unpaired) electrons. The molecule has 5 heteroatoms. The Morgan fingerprint density at radius 2 is 1.81 bits per heavy atom. The summed E-state index contributed by atoms with van der Waals surface area (Å²) >= 11 is 0. The summed E-state index contributed by atoms with van der Waals surface area (Å²) in [6, 6.07) is 12.9. The van der Waals surface area contributed by atoms with Crippen molar-refractivity contribution in [3.05, 3.63) is 76.2 Å². The van der Waals surface area contributed by atoms with Crippen LogP contribution in [0.3, 0.4) is 0 Å². The summed E-state index contributed by atoms with van der Waals surface area (Å²) in [5.41, 5.74) is 5.66. The lowest BCUT2D eigenvalue weighted by Gasteiger charge is -2.28. The van der Waals surface area contributed by atoms with Crippen LogP contribution in [0.25, 0.3) is 10.9 Å². The van der Waals surface area contributed by atoms with E-state index >= 15 is 0 Å². The zero-order chi connectivity index (χ0) is 22.4. The number of carbonyl (C=O) groups excluding carboxylic acids is 2. The van der Waals surface area contributed by atoms with Crippen LogP contribution in [0, 0.1) is 26.7 Å². The number of aromatic amines is 1. The second-order valence-electron chi connectivity index (χ2n) is 8.84. The molecular weight excluding hydrogens is 388 g/mol. The first kappa shape index (κ1) is 20.9. The molecule has 0 saturated carbocycles. The average molecular weight is 417 g/mol. The van der Waals surface area contributed by atoms with Crippen LogP contribution in [0.15, 0.2) is 53.8 Å². The highest BCUT2D eigenvalue weighted by Crippen LogP contribution is 2.45. The van der Waals surface area contributed by atoms with Crippen LogP contribution in [0.2, 0.25) is 0 Å². The SMILES string of the molecule is Cc1ccc(N2C(=O)C(O)=C(C(=O)CC(C)C)C2c2c(C)[nH]c3ccccc23)cc1C. The minimum absolute atomic E-state index is 0.114. The van der Waals surface area contributed by atoms with Crippen molar-refractivity contribution in [2.24, 2.45) is 5.92 Å². The first-order chi connectivity index (χ1) is 14.7. The number of Topliss-reactive ketones (excluding diaryl/α,β-unsaturated/α-hetero) is 1. The number of hydrogen-bond acceptors (Lipinski definition) is 3. The summed E-state index contributed by atoms with van der Waals surface area (Å²) in [6.07, 6.45) is 0.269. The zero-order valence-corrected chi connectivity index (χ0v) is 18.6. The highest BCUT2D eigenvalue weighted by Gasteiger charge is 2.45. The largest absolute Gasteiger partial charge is 0.503 e. The van der Waals surface area contributed by atoms with E-state index in [2.05, 4.69) is 4.98 Å². The molecule has 0 saturated heterocycles. The maximum absolute atomic E-state index is 13.3. The standard InChI is InChI=1S/C26H28N2O3/c1-14(2)12-21(29)23-24(22-17(5)27-20-9-7-6-8-19(20)22)28(26(31)25(23)30)18-11-10-15(3)16(4)13-18/h6-11,13-14,24,27,30H,12H2,1-5H3. The van der Waals surface area contributed by atoms with E-state index in [1.54, 1.807) is 4.90 Å². The van der Waals surface area contributed by atoms with Crippen LogP contribution in [0.5, 0.6) is 0 Å². The van der Waals surface area contributed by atoms with Crippen molar-refractivity contribution in [1.82, 2.24) is 4.98 Å². The maximum atomic E-state index is 13.3. The molecule has 1 aliphatic rings. The van der Waals surface area contributed by atoms with Gasteiger partial charge in [0, 0.05) is 34.3 Å². The van der Waals surface area contributed by atoms with Crippen molar-refractivity contribution in [1.29, 1.82) is 0 Å². The van der Waals surface area contributed by atoms with Crippen LogP contribution < -0.4 is 4.90 Å². The third kappa shape index (κ3) is 3.44. The van der Waals surface area contributed by atoms with Gasteiger partial charge in [0.05, 0.1) is 11.6 Å². The van der Waals surface area contributed by atoms with Gasteiger partial charge in [-0.25, -0.2) is 0 Å². The molecule has 5 nitrogen and oxygen atoms in total. The fourth-order valence-electron chi connectivity index (χ4n) is 4.44. The predicted molar refractivity (Wildman–Crippen MR) is 123 cm³/mol. The summed E-state index contributed by atoms with van der Waals surface area (Å²) in [5, 5.41) is 11.8. The summed E-state index contributed by atoms with van der Waals surface area (Å²) in [6.45, 7) is 9.86. The van der Waals surface area contributed by atoms with Crippen molar-refractivity contribution in [2.75, 3.05) is 4.90 Å². The van der Waals surface area contributed by atoms with Gasteiger partial charge in [-0.15, -0.1) is 0 Å². The number of H-pyrrole nitrogens is 1. The number of amides is 1. The molecule has 1 atom stereocenters.